The fourth-order valence-electron chi connectivity index (χ4n) is 5.63. The maximum atomic E-state index is 6.69. The fraction of sp³-hybridized carbons (Fsp3) is 0.406. The maximum absolute atomic E-state index is 6.69. The second-order valence-electron chi connectivity index (χ2n) is 10.5. The van der Waals surface area contributed by atoms with Gasteiger partial charge in [0, 0.05) is 12.6 Å². The van der Waals surface area contributed by atoms with Crippen LogP contribution in [0.15, 0.2) is 83.9 Å². The summed E-state index contributed by atoms with van der Waals surface area (Å²) in [7, 11) is 5.01. The van der Waals surface area contributed by atoms with Crippen molar-refractivity contribution in [1.82, 2.24) is 4.90 Å². The molecule has 0 spiro atoms. The number of amidine groups is 1. The third kappa shape index (κ3) is 6.21. The first-order chi connectivity index (χ1) is 18.9. The van der Waals surface area contributed by atoms with E-state index in [1.165, 1.54) is 11.1 Å². The monoisotopic (exact) mass is 530 g/mol. The molecule has 2 heterocycles. The van der Waals surface area contributed by atoms with Crippen molar-refractivity contribution in [2.45, 2.75) is 63.3 Å². The third-order valence-corrected chi connectivity index (χ3v) is 7.37. The summed E-state index contributed by atoms with van der Waals surface area (Å²) in [6.07, 6.45) is 0.970. The van der Waals surface area contributed by atoms with Gasteiger partial charge in [-0.15, -0.1) is 0 Å². The Balaban J connectivity index is 1.60. The molecular weight excluding hydrogens is 492 g/mol. The standard InChI is InChI=1S/C32H38N2O5/c1-32(2)38-29-27(18-22-12-8-6-9-13-22)33-31(37-5)34(21-24-16-25(35-3)20-26(17-24)36-4)28(30(29)39-32)19-23-14-10-7-11-15-23/h6-17,20,27-30H,18-19,21H2,1-5H3/t27-,28-,29+,30+/m1/s1. The predicted octanol–water partition coefficient (Wildman–Crippen LogP) is 5.26. The molecule has 0 aromatic heterocycles. The van der Waals surface area contributed by atoms with Gasteiger partial charge >= 0.3 is 0 Å². The van der Waals surface area contributed by atoms with Crippen molar-refractivity contribution in [3.05, 3.63) is 95.6 Å². The van der Waals surface area contributed by atoms with E-state index >= 15 is 0 Å². The average molecular weight is 531 g/mol. The second-order valence-corrected chi connectivity index (χ2v) is 10.5. The van der Waals surface area contributed by atoms with E-state index in [4.69, 9.17) is 28.7 Å². The quantitative estimate of drug-likeness (QED) is 0.396. The number of hydrogen-bond acceptors (Lipinski definition) is 7. The minimum Gasteiger partial charge on any atom is -0.497 e. The van der Waals surface area contributed by atoms with Crippen molar-refractivity contribution in [2.75, 3.05) is 21.3 Å². The second kappa shape index (κ2) is 11.7. The first kappa shape index (κ1) is 27.0. The molecule has 1 fully saturated rings. The summed E-state index contributed by atoms with van der Waals surface area (Å²) in [6.45, 7) is 4.50. The molecule has 0 unspecified atom stereocenters. The van der Waals surface area contributed by atoms with Gasteiger partial charge in [-0.05, 0) is 55.5 Å². The molecule has 3 aromatic rings. The van der Waals surface area contributed by atoms with Crippen LogP contribution in [0, 0.1) is 0 Å². The number of benzene rings is 3. The van der Waals surface area contributed by atoms with Crippen LogP contribution >= 0.6 is 0 Å². The van der Waals surface area contributed by atoms with Crippen LogP contribution in [-0.4, -0.2) is 62.3 Å². The first-order valence-corrected chi connectivity index (χ1v) is 13.4. The Bertz CT molecular complexity index is 1240. The molecule has 5 rings (SSSR count). The lowest BCUT2D eigenvalue weighted by Crippen LogP contribution is -2.51. The van der Waals surface area contributed by atoms with Gasteiger partial charge in [-0.3, -0.25) is 0 Å². The summed E-state index contributed by atoms with van der Waals surface area (Å²) in [4.78, 5) is 7.42. The summed E-state index contributed by atoms with van der Waals surface area (Å²) in [5.41, 5.74) is 3.42. The summed E-state index contributed by atoms with van der Waals surface area (Å²) in [5, 5.41) is 0. The van der Waals surface area contributed by atoms with E-state index in [9.17, 15) is 0 Å². The van der Waals surface area contributed by atoms with Gasteiger partial charge in [-0.25, -0.2) is 4.99 Å². The van der Waals surface area contributed by atoms with E-state index in [0.717, 1.165) is 23.5 Å². The van der Waals surface area contributed by atoms with Gasteiger partial charge in [0.2, 0.25) is 0 Å². The highest BCUT2D eigenvalue weighted by Gasteiger charge is 2.52. The minimum absolute atomic E-state index is 0.101. The van der Waals surface area contributed by atoms with Crippen LogP contribution in [0.1, 0.15) is 30.5 Å². The van der Waals surface area contributed by atoms with E-state index < -0.39 is 5.79 Å². The van der Waals surface area contributed by atoms with Crippen LogP contribution in [0.2, 0.25) is 0 Å². The van der Waals surface area contributed by atoms with Crippen LogP contribution in [0.4, 0.5) is 0 Å². The normalized spacial score (nSPS) is 23.9. The summed E-state index contributed by atoms with van der Waals surface area (Å²) in [5.74, 6) is 0.733. The smallest absolute Gasteiger partial charge is 0.288 e. The molecule has 0 radical (unpaired) electrons. The number of ether oxygens (including phenoxy) is 5. The fourth-order valence-corrected chi connectivity index (χ4v) is 5.63. The van der Waals surface area contributed by atoms with E-state index in [-0.39, 0.29) is 24.3 Å². The number of nitrogens with zero attached hydrogens (tertiary/aromatic N) is 2. The number of aliphatic imine (C=N–C) groups is 1. The zero-order valence-corrected chi connectivity index (χ0v) is 23.4. The van der Waals surface area contributed by atoms with Crippen molar-refractivity contribution < 1.29 is 23.7 Å². The molecule has 4 atom stereocenters. The van der Waals surface area contributed by atoms with Crippen molar-refractivity contribution in [1.29, 1.82) is 0 Å². The molecule has 0 amide bonds. The molecular formula is C32H38N2O5. The average Bonchev–Trinajstić information content (AvgIpc) is 3.24. The number of rotatable bonds is 8. The summed E-state index contributed by atoms with van der Waals surface area (Å²) >= 11 is 0. The highest BCUT2D eigenvalue weighted by molar-refractivity contribution is 5.75. The van der Waals surface area contributed by atoms with Gasteiger partial charge in [0.15, 0.2) is 5.79 Å². The van der Waals surface area contributed by atoms with E-state index in [0.29, 0.717) is 19.0 Å². The highest BCUT2D eigenvalue weighted by Crippen LogP contribution is 2.39. The van der Waals surface area contributed by atoms with Crippen LogP contribution in [0.5, 0.6) is 11.5 Å². The summed E-state index contributed by atoms with van der Waals surface area (Å²) in [6, 6.07) is 27.1. The zero-order chi connectivity index (χ0) is 27.4. The molecule has 3 aromatic carbocycles. The Morgan fingerprint density at radius 3 is 1.85 bits per heavy atom. The Morgan fingerprint density at radius 2 is 1.28 bits per heavy atom. The number of methoxy groups -OCH3 is 3. The lowest BCUT2D eigenvalue weighted by Gasteiger charge is -2.36. The molecule has 39 heavy (non-hydrogen) atoms. The van der Waals surface area contributed by atoms with Crippen LogP contribution in [0.25, 0.3) is 0 Å². The Hall–Kier alpha value is -3.55. The van der Waals surface area contributed by atoms with Gasteiger partial charge in [0.05, 0.1) is 33.4 Å². The lowest BCUT2D eigenvalue weighted by atomic mass is 9.91. The van der Waals surface area contributed by atoms with Gasteiger partial charge in [0.25, 0.3) is 6.02 Å². The Morgan fingerprint density at radius 1 is 0.718 bits per heavy atom. The maximum Gasteiger partial charge on any atom is 0.288 e. The van der Waals surface area contributed by atoms with Crippen molar-refractivity contribution in [2.24, 2.45) is 4.99 Å². The molecule has 7 heteroatoms. The molecule has 0 saturated carbocycles. The van der Waals surface area contributed by atoms with E-state index in [2.05, 4.69) is 53.4 Å². The van der Waals surface area contributed by atoms with Gasteiger partial charge in [0.1, 0.15) is 23.7 Å². The van der Waals surface area contributed by atoms with E-state index in [1.54, 1.807) is 21.3 Å². The molecule has 2 aliphatic heterocycles. The predicted molar refractivity (Wildman–Crippen MR) is 151 cm³/mol. The molecule has 2 aliphatic rings. The zero-order valence-electron chi connectivity index (χ0n) is 23.4. The molecule has 0 aliphatic carbocycles. The topological polar surface area (TPSA) is 61.8 Å². The van der Waals surface area contributed by atoms with Gasteiger partial charge in [-0.1, -0.05) is 60.7 Å². The molecule has 7 nitrogen and oxygen atoms in total. The molecule has 206 valence electrons. The van der Waals surface area contributed by atoms with Crippen LogP contribution in [0.3, 0.4) is 0 Å². The number of fused-ring (bicyclic) bond motifs is 1. The molecule has 0 bridgehead atoms. The Labute approximate surface area is 231 Å². The first-order valence-electron chi connectivity index (χ1n) is 13.4. The third-order valence-electron chi connectivity index (χ3n) is 7.37. The van der Waals surface area contributed by atoms with Gasteiger partial charge < -0.3 is 28.6 Å². The molecule has 0 N–H and O–H groups in total. The SMILES string of the molecule is COC1=N[C@H](Cc2ccccc2)[C@@H]2OC(C)(C)O[C@H]2[C@@H](Cc2ccccc2)N1Cc1cc(OC)cc(OC)c1. The van der Waals surface area contributed by atoms with Crippen molar-refractivity contribution >= 4 is 6.02 Å². The highest BCUT2D eigenvalue weighted by atomic mass is 16.8. The summed E-state index contributed by atoms with van der Waals surface area (Å²) < 4.78 is 30.4. The van der Waals surface area contributed by atoms with Gasteiger partial charge in [-0.2, -0.15) is 0 Å². The minimum atomic E-state index is -0.732. The molecule has 1 saturated heterocycles. The van der Waals surface area contributed by atoms with Crippen LogP contribution < -0.4 is 9.47 Å². The van der Waals surface area contributed by atoms with Crippen molar-refractivity contribution in [3.8, 4) is 11.5 Å². The Kier molecular flexibility index (Phi) is 8.10. The largest absolute Gasteiger partial charge is 0.497 e. The number of hydrogen-bond donors (Lipinski definition) is 0. The van der Waals surface area contributed by atoms with Crippen molar-refractivity contribution in [3.63, 3.8) is 0 Å². The van der Waals surface area contributed by atoms with E-state index in [1.807, 2.05) is 44.2 Å². The lowest BCUT2D eigenvalue weighted by molar-refractivity contribution is -0.153. The van der Waals surface area contributed by atoms with Crippen LogP contribution in [-0.2, 0) is 33.6 Å².